The van der Waals surface area contributed by atoms with Gasteiger partial charge in [0.15, 0.2) is 0 Å². The monoisotopic (exact) mass is 294 g/mol. The maximum Gasteiger partial charge on any atom is 0.222 e. The Kier molecular flexibility index (Phi) is 5.34. The number of likely N-dealkylation sites (tertiary alicyclic amines) is 2. The van der Waals surface area contributed by atoms with E-state index in [0.717, 1.165) is 43.7 Å². The van der Waals surface area contributed by atoms with Crippen LogP contribution in [-0.2, 0) is 4.79 Å². The van der Waals surface area contributed by atoms with Crippen LogP contribution in [0.3, 0.4) is 0 Å². The van der Waals surface area contributed by atoms with Crippen LogP contribution in [0.1, 0.15) is 53.4 Å². The molecular formula is C18H34N2O. The summed E-state index contributed by atoms with van der Waals surface area (Å²) in [5.74, 6) is 2.74. The van der Waals surface area contributed by atoms with E-state index < -0.39 is 0 Å². The number of carbonyl (C=O) groups is 1. The number of hydrogen-bond acceptors (Lipinski definition) is 2. The molecule has 21 heavy (non-hydrogen) atoms. The number of nitrogens with zero attached hydrogens (tertiary/aromatic N) is 2. The van der Waals surface area contributed by atoms with Crippen LogP contribution in [0.15, 0.2) is 0 Å². The summed E-state index contributed by atoms with van der Waals surface area (Å²) in [6, 6.07) is 0. The lowest BCUT2D eigenvalue weighted by atomic mass is 9.76. The van der Waals surface area contributed by atoms with Gasteiger partial charge in [0.1, 0.15) is 0 Å². The molecule has 122 valence electrons. The highest BCUT2D eigenvalue weighted by Crippen LogP contribution is 2.35. The van der Waals surface area contributed by atoms with Gasteiger partial charge in [-0.05, 0) is 43.1 Å². The highest BCUT2D eigenvalue weighted by molar-refractivity contribution is 5.77. The number of carbonyl (C=O) groups excluding carboxylic acids is 1. The van der Waals surface area contributed by atoms with Crippen molar-refractivity contribution in [2.24, 2.45) is 23.2 Å². The number of amides is 1. The molecule has 1 amide bonds. The van der Waals surface area contributed by atoms with E-state index in [1.807, 2.05) is 0 Å². The van der Waals surface area contributed by atoms with Gasteiger partial charge >= 0.3 is 0 Å². The smallest absolute Gasteiger partial charge is 0.222 e. The normalized spacial score (nSPS) is 22.8. The van der Waals surface area contributed by atoms with Crippen LogP contribution in [0.5, 0.6) is 0 Å². The molecular weight excluding hydrogens is 260 g/mol. The van der Waals surface area contributed by atoms with Crippen molar-refractivity contribution in [1.29, 1.82) is 0 Å². The van der Waals surface area contributed by atoms with Gasteiger partial charge in [-0.2, -0.15) is 0 Å². The molecule has 0 saturated carbocycles. The minimum Gasteiger partial charge on any atom is -0.342 e. The Morgan fingerprint density at radius 2 is 1.86 bits per heavy atom. The van der Waals surface area contributed by atoms with Crippen molar-refractivity contribution >= 4 is 5.91 Å². The molecule has 0 bridgehead atoms. The summed E-state index contributed by atoms with van der Waals surface area (Å²) in [4.78, 5) is 16.7. The van der Waals surface area contributed by atoms with Crippen LogP contribution in [-0.4, -0.2) is 48.9 Å². The highest BCUT2D eigenvalue weighted by Gasteiger charge is 2.35. The van der Waals surface area contributed by atoms with Gasteiger partial charge in [-0.15, -0.1) is 0 Å². The van der Waals surface area contributed by atoms with Crippen molar-refractivity contribution in [3.05, 3.63) is 0 Å². The zero-order chi connectivity index (χ0) is 15.6. The van der Waals surface area contributed by atoms with Crippen LogP contribution >= 0.6 is 0 Å². The molecule has 2 aliphatic rings. The first-order valence-electron chi connectivity index (χ1n) is 8.77. The van der Waals surface area contributed by atoms with Crippen LogP contribution in [0.4, 0.5) is 0 Å². The third-order valence-electron chi connectivity index (χ3n) is 5.71. The maximum atomic E-state index is 12.3. The van der Waals surface area contributed by atoms with Crippen molar-refractivity contribution in [3.8, 4) is 0 Å². The average molecular weight is 294 g/mol. The lowest BCUT2D eigenvalue weighted by Gasteiger charge is -2.43. The van der Waals surface area contributed by atoms with Gasteiger partial charge < -0.3 is 9.80 Å². The molecule has 0 N–H and O–H groups in total. The van der Waals surface area contributed by atoms with Crippen LogP contribution in [0, 0.1) is 23.2 Å². The third-order valence-corrected chi connectivity index (χ3v) is 5.71. The van der Waals surface area contributed by atoms with Gasteiger partial charge in [-0.25, -0.2) is 0 Å². The van der Waals surface area contributed by atoms with Crippen molar-refractivity contribution in [2.45, 2.75) is 53.4 Å². The Balaban J connectivity index is 1.65. The summed E-state index contributed by atoms with van der Waals surface area (Å²) in [5.41, 5.74) is 0.308. The van der Waals surface area contributed by atoms with Gasteiger partial charge in [0, 0.05) is 32.6 Å². The fourth-order valence-corrected chi connectivity index (χ4v) is 3.85. The molecule has 0 aromatic heterocycles. The Labute approximate surface area is 131 Å². The average Bonchev–Trinajstić information content (AvgIpc) is 2.32. The minimum absolute atomic E-state index is 0.308. The van der Waals surface area contributed by atoms with Gasteiger partial charge in [0.05, 0.1) is 0 Å². The predicted molar refractivity (Wildman–Crippen MR) is 88.1 cm³/mol. The molecule has 2 saturated heterocycles. The molecule has 3 heteroatoms. The second kappa shape index (κ2) is 6.68. The van der Waals surface area contributed by atoms with E-state index >= 15 is 0 Å². The molecule has 1 unspecified atom stereocenters. The maximum absolute atomic E-state index is 12.3. The van der Waals surface area contributed by atoms with Crippen LogP contribution in [0.2, 0.25) is 0 Å². The standard InChI is InChI=1S/C18H34N2O/c1-6-14(2)16-12-20(13-16)17(21)7-8-18(3,4)9-15-10-19(5)11-15/h14-16H,6-13H2,1-5H3. The Morgan fingerprint density at radius 1 is 1.24 bits per heavy atom. The first-order valence-corrected chi connectivity index (χ1v) is 8.77. The largest absolute Gasteiger partial charge is 0.342 e. The summed E-state index contributed by atoms with van der Waals surface area (Å²) < 4.78 is 0. The Bertz CT molecular complexity index is 354. The van der Waals surface area contributed by atoms with E-state index in [4.69, 9.17) is 0 Å². The molecule has 2 fully saturated rings. The summed E-state index contributed by atoms with van der Waals surface area (Å²) in [6.45, 7) is 13.7. The van der Waals surface area contributed by atoms with Gasteiger partial charge in [0.2, 0.25) is 5.91 Å². The van der Waals surface area contributed by atoms with E-state index in [1.54, 1.807) is 0 Å². The zero-order valence-corrected chi connectivity index (χ0v) is 14.7. The SMILES string of the molecule is CCC(C)C1CN(C(=O)CCC(C)(C)CC2CN(C)C2)C1. The molecule has 0 spiro atoms. The summed E-state index contributed by atoms with van der Waals surface area (Å²) in [5, 5.41) is 0. The number of hydrogen-bond donors (Lipinski definition) is 0. The molecule has 2 heterocycles. The van der Waals surface area contributed by atoms with Gasteiger partial charge in [0.25, 0.3) is 0 Å². The summed E-state index contributed by atoms with van der Waals surface area (Å²) >= 11 is 0. The summed E-state index contributed by atoms with van der Waals surface area (Å²) in [7, 11) is 2.19. The van der Waals surface area contributed by atoms with Crippen molar-refractivity contribution in [3.63, 3.8) is 0 Å². The van der Waals surface area contributed by atoms with Crippen LogP contribution in [0.25, 0.3) is 0 Å². The lowest BCUT2D eigenvalue weighted by molar-refractivity contribution is -0.139. The molecule has 1 atom stereocenters. The van der Waals surface area contributed by atoms with E-state index in [1.165, 1.54) is 25.9 Å². The minimum atomic E-state index is 0.308. The van der Waals surface area contributed by atoms with E-state index in [0.29, 0.717) is 11.3 Å². The highest BCUT2D eigenvalue weighted by atomic mass is 16.2. The predicted octanol–water partition coefficient (Wildman–Crippen LogP) is 3.25. The molecule has 2 rings (SSSR count). The van der Waals surface area contributed by atoms with Crippen molar-refractivity contribution < 1.29 is 4.79 Å². The van der Waals surface area contributed by atoms with Gasteiger partial charge in [-0.3, -0.25) is 4.79 Å². The van der Waals surface area contributed by atoms with Crippen LogP contribution < -0.4 is 0 Å². The van der Waals surface area contributed by atoms with E-state index in [-0.39, 0.29) is 0 Å². The third kappa shape index (κ3) is 4.45. The Morgan fingerprint density at radius 3 is 2.38 bits per heavy atom. The second-order valence-electron chi connectivity index (χ2n) is 8.40. The van der Waals surface area contributed by atoms with E-state index in [2.05, 4.69) is 44.5 Å². The molecule has 0 aromatic rings. The molecule has 0 aliphatic carbocycles. The number of rotatable bonds is 7. The zero-order valence-electron chi connectivity index (χ0n) is 14.7. The lowest BCUT2D eigenvalue weighted by Crippen LogP contribution is -2.52. The second-order valence-corrected chi connectivity index (χ2v) is 8.40. The van der Waals surface area contributed by atoms with Crippen molar-refractivity contribution in [2.75, 3.05) is 33.2 Å². The Hall–Kier alpha value is -0.570. The summed E-state index contributed by atoms with van der Waals surface area (Å²) in [6.07, 6.45) is 4.27. The topological polar surface area (TPSA) is 23.6 Å². The van der Waals surface area contributed by atoms with Crippen molar-refractivity contribution in [1.82, 2.24) is 9.80 Å². The van der Waals surface area contributed by atoms with E-state index in [9.17, 15) is 4.79 Å². The quantitative estimate of drug-likeness (QED) is 0.719. The fourth-order valence-electron chi connectivity index (χ4n) is 3.85. The molecule has 0 aromatic carbocycles. The fraction of sp³-hybridized carbons (Fsp3) is 0.944. The molecule has 3 nitrogen and oxygen atoms in total. The first-order chi connectivity index (χ1) is 9.80. The molecule has 0 radical (unpaired) electrons. The molecule has 2 aliphatic heterocycles. The van der Waals surface area contributed by atoms with Gasteiger partial charge in [-0.1, -0.05) is 34.1 Å². The first kappa shape index (κ1) is 16.8.